The van der Waals surface area contributed by atoms with Crippen molar-refractivity contribution in [3.8, 4) is 5.75 Å². The third kappa shape index (κ3) is 4.86. The molecule has 4 nitrogen and oxygen atoms in total. The van der Waals surface area contributed by atoms with E-state index in [4.69, 9.17) is 4.74 Å². The predicted molar refractivity (Wildman–Crippen MR) is 109 cm³/mol. The van der Waals surface area contributed by atoms with Crippen LogP contribution < -0.4 is 9.64 Å². The van der Waals surface area contributed by atoms with Gasteiger partial charge in [0.25, 0.3) is 0 Å². The Morgan fingerprint density at radius 3 is 2.40 bits per heavy atom. The van der Waals surface area contributed by atoms with E-state index in [9.17, 15) is 0 Å². The quantitative estimate of drug-likeness (QED) is 0.703. The van der Waals surface area contributed by atoms with E-state index in [-0.39, 0.29) is 0 Å². The van der Waals surface area contributed by atoms with Gasteiger partial charge in [-0.3, -0.25) is 5.01 Å². The normalized spacial score (nSPS) is 15.7. The Labute approximate surface area is 157 Å². The largest absolute Gasteiger partial charge is 0.495 e. The molecule has 2 aromatic carbocycles. The molecule has 2 aromatic rings. The lowest BCUT2D eigenvalue weighted by molar-refractivity contribution is 0.271. The number of hydrogen-bond donors (Lipinski definition) is 0. The van der Waals surface area contributed by atoms with Gasteiger partial charge < -0.3 is 9.64 Å². The molecule has 1 aliphatic heterocycles. The second kappa shape index (κ2) is 8.72. The molecule has 25 heavy (non-hydrogen) atoms. The molecule has 1 saturated heterocycles. The fourth-order valence-corrected chi connectivity index (χ4v) is 3.18. The van der Waals surface area contributed by atoms with Gasteiger partial charge in [-0.05, 0) is 39.7 Å². The fraction of sp³-hybridized carbons (Fsp3) is 0.250. The molecule has 0 atom stereocenters. The van der Waals surface area contributed by atoms with Gasteiger partial charge in [-0.15, -0.1) is 0 Å². The molecule has 0 N–H and O–H groups in total. The van der Waals surface area contributed by atoms with Gasteiger partial charge in [-0.2, -0.15) is 5.10 Å². The van der Waals surface area contributed by atoms with Gasteiger partial charge in [-0.1, -0.05) is 42.5 Å². The SMILES string of the molecule is COc1ccccc1N1CCN(/N=C/C(Br)=C/c2ccccc2)CC1. The van der Waals surface area contributed by atoms with Crippen molar-refractivity contribution in [1.29, 1.82) is 0 Å². The highest BCUT2D eigenvalue weighted by molar-refractivity contribution is 9.12. The highest BCUT2D eigenvalue weighted by atomic mass is 79.9. The number of para-hydroxylation sites is 2. The van der Waals surface area contributed by atoms with E-state index < -0.39 is 0 Å². The molecule has 0 saturated carbocycles. The lowest BCUT2D eigenvalue weighted by Crippen LogP contribution is -2.44. The number of hydrazone groups is 1. The van der Waals surface area contributed by atoms with E-state index in [1.54, 1.807) is 7.11 Å². The number of anilines is 1. The predicted octanol–water partition coefficient (Wildman–Crippen LogP) is 4.24. The van der Waals surface area contributed by atoms with Crippen LogP contribution in [-0.4, -0.2) is 44.5 Å². The number of benzene rings is 2. The number of piperazine rings is 1. The molecule has 130 valence electrons. The van der Waals surface area contributed by atoms with Gasteiger partial charge in [0.2, 0.25) is 0 Å². The van der Waals surface area contributed by atoms with Crippen LogP contribution >= 0.6 is 15.9 Å². The lowest BCUT2D eigenvalue weighted by atomic mass is 10.2. The van der Waals surface area contributed by atoms with Crippen LogP contribution in [0.15, 0.2) is 64.2 Å². The molecule has 1 heterocycles. The smallest absolute Gasteiger partial charge is 0.142 e. The average molecular weight is 400 g/mol. The first-order chi connectivity index (χ1) is 12.3. The minimum atomic E-state index is 0.889. The number of methoxy groups -OCH3 is 1. The van der Waals surface area contributed by atoms with Crippen molar-refractivity contribution in [3.63, 3.8) is 0 Å². The summed E-state index contributed by atoms with van der Waals surface area (Å²) in [4.78, 5) is 2.35. The molecule has 0 unspecified atom stereocenters. The van der Waals surface area contributed by atoms with Gasteiger partial charge in [0, 0.05) is 17.6 Å². The standard InChI is InChI=1S/C20H22BrN3O/c1-25-20-10-6-5-9-19(20)23-11-13-24(14-12-23)22-16-18(21)15-17-7-3-2-4-8-17/h2-10,15-16H,11-14H2,1H3/b18-15-,22-16+. The van der Waals surface area contributed by atoms with E-state index in [0.29, 0.717) is 0 Å². The summed E-state index contributed by atoms with van der Waals surface area (Å²) in [5.41, 5.74) is 2.31. The zero-order valence-electron chi connectivity index (χ0n) is 14.3. The molecular formula is C20H22BrN3O. The number of rotatable bonds is 5. The number of nitrogens with zero attached hydrogens (tertiary/aromatic N) is 3. The third-order valence-electron chi connectivity index (χ3n) is 4.13. The molecule has 1 aliphatic rings. The van der Waals surface area contributed by atoms with Crippen LogP contribution in [0.3, 0.4) is 0 Å². The molecule has 0 bridgehead atoms. The Hall–Kier alpha value is -2.27. The van der Waals surface area contributed by atoms with Crippen molar-refractivity contribution < 1.29 is 4.74 Å². The van der Waals surface area contributed by atoms with Gasteiger partial charge in [0.15, 0.2) is 0 Å². The zero-order valence-corrected chi connectivity index (χ0v) is 15.9. The Morgan fingerprint density at radius 1 is 1.00 bits per heavy atom. The summed E-state index contributed by atoms with van der Waals surface area (Å²) >= 11 is 3.57. The molecule has 0 amide bonds. The summed E-state index contributed by atoms with van der Waals surface area (Å²) in [6, 6.07) is 18.4. The van der Waals surface area contributed by atoms with E-state index in [2.05, 4.69) is 55.2 Å². The van der Waals surface area contributed by atoms with E-state index in [1.165, 1.54) is 0 Å². The van der Waals surface area contributed by atoms with E-state index in [1.807, 2.05) is 42.6 Å². The van der Waals surface area contributed by atoms with Crippen LogP contribution in [0.25, 0.3) is 6.08 Å². The molecule has 1 fully saturated rings. The van der Waals surface area contributed by atoms with Crippen molar-refractivity contribution in [2.75, 3.05) is 38.2 Å². The lowest BCUT2D eigenvalue weighted by Gasteiger charge is -2.35. The van der Waals surface area contributed by atoms with Crippen molar-refractivity contribution in [1.82, 2.24) is 5.01 Å². The second-order valence-electron chi connectivity index (χ2n) is 5.80. The van der Waals surface area contributed by atoms with Gasteiger partial charge >= 0.3 is 0 Å². The molecular weight excluding hydrogens is 378 g/mol. The van der Waals surface area contributed by atoms with Crippen molar-refractivity contribution in [2.24, 2.45) is 5.10 Å². The summed E-state index contributed by atoms with van der Waals surface area (Å²) in [6.07, 6.45) is 3.93. The van der Waals surface area contributed by atoms with Crippen LogP contribution in [0.2, 0.25) is 0 Å². The number of halogens is 1. The first-order valence-corrected chi connectivity index (χ1v) is 9.15. The van der Waals surface area contributed by atoms with E-state index in [0.717, 1.165) is 47.7 Å². The Balaban J connectivity index is 1.56. The van der Waals surface area contributed by atoms with Crippen LogP contribution in [0.5, 0.6) is 5.75 Å². The van der Waals surface area contributed by atoms with Gasteiger partial charge in [0.05, 0.1) is 32.1 Å². The van der Waals surface area contributed by atoms with Crippen LogP contribution in [0, 0.1) is 0 Å². The van der Waals surface area contributed by atoms with E-state index >= 15 is 0 Å². The fourth-order valence-electron chi connectivity index (χ4n) is 2.83. The Bertz CT molecular complexity index is 738. The van der Waals surface area contributed by atoms with Crippen molar-refractivity contribution in [2.45, 2.75) is 0 Å². The highest BCUT2D eigenvalue weighted by Crippen LogP contribution is 2.28. The minimum absolute atomic E-state index is 0.889. The molecule has 0 aromatic heterocycles. The number of hydrogen-bond acceptors (Lipinski definition) is 4. The monoisotopic (exact) mass is 399 g/mol. The van der Waals surface area contributed by atoms with Crippen LogP contribution in [0.1, 0.15) is 5.56 Å². The van der Waals surface area contributed by atoms with Crippen molar-refractivity contribution >= 4 is 33.9 Å². The third-order valence-corrected chi connectivity index (χ3v) is 4.56. The summed E-state index contributed by atoms with van der Waals surface area (Å²) in [7, 11) is 1.72. The maximum Gasteiger partial charge on any atom is 0.142 e. The van der Waals surface area contributed by atoms with Crippen LogP contribution in [0.4, 0.5) is 5.69 Å². The number of allylic oxidation sites excluding steroid dienone is 1. The zero-order chi connectivity index (χ0) is 17.5. The Morgan fingerprint density at radius 2 is 1.68 bits per heavy atom. The first kappa shape index (κ1) is 17.5. The van der Waals surface area contributed by atoms with Crippen molar-refractivity contribution in [3.05, 3.63) is 64.6 Å². The minimum Gasteiger partial charge on any atom is -0.495 e. The second-order valence-corrected chi connectivity index (χ2v) is 6.71. The molecule has 0 radical (unpaired) electrons. The topological polar surface area (TPSA) is 28.1 Å². The van der Waals surface area contributed by atoms with Gasteiger partial charge in [0.1, 0.15) is 5.75 Å². The molecule has 0 aliphatic carbocycles. The van der Waals surface area contributed by atoms with Gasteiger partial charge in [-0.25, -0.2) is 0 Å². The Kier molecular flexibility index (Phi) is 6.12. The maximum atomic E-state index is 5.46. The van der Waals surface area contributed by atoms with Crippen LogP contribution in [-0.2, 0) is 0 Å². The summed E-state index contributed by atoms with van der Waals surface area (Å²) in [5, 5.41) is 6.69. The molecule has 5 heteroatoms. The highest BCUT2D eigenvalue weighted by Gasteiger charge is 2.18. The molecule has 0 spiro atoms. The first-order valence-electron chi connectivity index (χ1n) is 8.35. The summed E-state index contributed by atoms with van der Waals surface area (Å²) in [6.45, 7) is 3.63. The number of ether oxygens (including phenoxy) is 1. The summed E-state index contributed by atoms with van der Waals surface area (Å²) < 4.78 is 6.43. The average Bonchev–Trinajstić information content (AvgIpc) is 2.67. The maximum absolute atomic E-state index is 5.46. The molecule has 3 rings (SSSR count). The summed E-state index contributed by atoms with van der Waals surface area (Å²) in [5.74, 6) is 0.924.